The van der Waals surface area contributed by atoms with Crippen LogP contribution in [0.5, 0.6) is 0 Å². The quantitative estimate of drug-likeness (QED) is 0.553. The zero-order valence-corrected chi connectivity index (χ0v) is 5.95. The summed E-state index contributed by atoms with van der Waals surface area (Å²) in [7, 11) is 2.11. The molecule has 3 heteroatoms. The van der Waals surface area contributed by atoms with Crippen LogP contribution in [0.1, 0.15) is 6.42 Å². The van der Waals surface area contributed by atoms with Crippen LogP contribution < -0.4 is 5.73 Å². The van der Waals surface area contributed by atoms with Crippen molar-refractivity contribution >= 4 is 12.4 Å². The first-order chi connectivity index (χ1) is 3.34. The molecule has 1 atom stereocenters. The smallest absolute Gasteiger partial charge is 0.0227 e. The molecule has 1 fully saturated rings. The molecular weight excluding hydrogens is 124 g/mol. The van der Waals surface area contributed by atoms with Crippen molar-refractivity contribution in [2.45, 2.75) is 12.5 Å². The first kappa shape index (κ1) is 8.21. The lowest BCUT2D eigenvalue weighted by Gasteiger charge is -2.36. The van der Waals surface area contributed by atoms with Gasteiger partial charge < -0.3 is 10.6 Å². The van der Waals surface area contributed by atoms with Gasteiger partial charge in [0.15, 0.2) is 0 Å². The lowest BCUT2D eigenvalue weighted by atomic mass is 10.1. The molecule has 1 saturated heterocycles. The molecule has 0 aromatic rings. The van der Waals surface area contributed by atoms with E-state index in [-0.39, 0.29) is 12.4 Å². The van der Waals surface area contributed by atoms with E-state index >= 15 is 0 Å². The molecule has 0 radical (unpaired) electrons. The molecule has 1 aliphatic rings. The Kier molecular flexibility index (Phi) is 3.36. The molecule has 0 aromatic heterocycles. The highest BCUT2D eigenvalue weighted by Gasteiger charge is 2.21. The predicted octanol–water partition coefficient (Wildman–Crippen LogP) is 0.0710. The van der Waals surface area contributed by atoms with Crippen LogP contribution in [0, 0.1) is 0 Å². The van der Waals surface area contributed by atoms with Crippen molar-refractivity contribution in [1.82, 2.24) is 4.90 Å². The molecule has 0 spiro atoms. The molecule has 0 unspecified atom stereocenters. The SMILES string of the molecule is CN1CC[C@H]1CN.Cl. The van der Waals surface area contributed by atoms with E-state index < -0.39 is 0 Å². The van der Waals surface area contributed by atoms with Crippen LogP contribution in [-0.2, 0) is 0 Å². The molecule has 0 aliphatic carbocycles. The maximum Gasteiger partial charge on any atom is 0.0227 e. The number of hydrogen-bond donors (Lipinski definition) is 1. The molecule has 1 aliphatic heterocycles. The monoisotopic (exact) mass is 136 g/mol. The Morgan fingerprint density at radius 2 is 2.38 bits per heavy atom. The third-order valence-corrected chi connectivity index (χ3v) is 1.71. The first-order valence-corrected chi connectivity index (χ1v) is 2.75. The number of likely N-dealkylation sites (N-methyl/N-ethyl adjacent to an activating group) is 1. The van der Waals surface area contributed by atoms with E-state index in [4.69, 9.17) is 5.73 Å². The van der Waals surface area contributed by atoms with Crippen LogP contribution in [-0.4, -0.2) is 31.1 Å². The normalized spacial score (nSPS) is 28.5. The minimum Gasteiger partial charge on any atom is -0.329 e. The van der Waals surface area contributed by atoms with Gasteiger partial charge in [-0.25, -0.2) is 0 Å². The number of nitrogens with zero attached hydrogens (tertiary/aromatic N) is 1. The predicted molar refractivity (Wildman–Crippen MR) is 37.3 cm³/mol. The fourth-order valence-corrected chi connectivity index (χ4v) is 0.868. The van der Waals surface area contributed by atoms with Gasteiger partial charge in [-0.1, -0.05) is 0 Å². The van der Waals surface area contributed by atoms with E-state index in [2.05, 4.69) is 11.9 Å². The number of likely N-dealkylation sites (tertiary alicyclic amines) is 1. The molecule has 8 heavy (non-hydrogen) atoms. The summed E-state index contributed by atoms with van der Waals surface area (Å²) in [5.41, 5.74) is 5.38. The summed E-state index contributed by atoms with van der Waals surface area (Å²) in [5, 5.41) is 0. The first-order valence-electron chi connectivity index (χ1n) is 2.75. The zero-order chi connectivity index (χ0) is 5.28. The Hall–Kier alpha value is 0.210. The molecule has 0 saturated carbocycles. The van der Waals surface area contributed by atoms with E-state index in [1.54, 1.807) is 0 Å². The number of hydrogen-bond acceptors (Lipinski definition) is 2. The largest absolute Gasteiger partial charge is 0.329 e. The van der Waals surface area contributed by atoms with Gasteiger partial charge in [0.05, 0.1) is 0 Å². The topological polar surface area (TPSA) is 29.3 Å². The molecule has 1 rings (SSSR count). The molecule has 0 aromatic carbocycles. The van der Waals surface area contributed by atoms with Crippen LogP contribution in [0.15, 0.2) is 0 Å². The minimum atomic E-state index is 0. The molecule has 2 nitrogen and oxygen atoms in total. The van der Waals surface area contributed by atoms with Gasteiger partial charge >= 0.3 is 0 Å². The van der Waals surface area contributed by atoms with Gasteiger partial charge in [-0.2, -0.15) is 0 Å². The van der Waals surface area contributed by atoms with Crippen LogP contribution in [0.4, 0.5) is 0 Å². The zero-order valence-electron chi connectivity index (χ0n) is 5.13. The maximum absolute atomic E-state index is 5.38. The number of rotatable bonds is 1. The summed E-state index contributed by atoms with van der Waals surface area (Å²) in [6, 6.07) is 0.694. The second kappa shape index (κ2) is 3.28. The molecule has 1 heterocycles. The van der Waals surface area contributed by atoms with Crippen molar-refractivity contribution < 1.29 is 0 Å². The average Bonchev–Trinajstić information content (AvgIpc) is 1.65. The lowest BCUT2D eigenvalue weighted by molar-refractivity contribution is 0.133. The third-order valence-electron chi connectivity index (χ3n) is 1.71. The van der Waals surface area contributed by atoms with Crippen LogP contribution in [0.25, 0.3) is 0 Å². The van der Waals surface area contributed by atoms with Crippen molar-refractivity contribution in [2.24, 2.45) is 5.73 Å². The second-order valence-electron chi connectivity index (χ2n) is 2.16. The Morgan fingerprint density at radius 1 is 1.75 bits per heavy atom. The van der Waals surface area contributed by atoms with Crippen molar-refractivity contribution in [1.29, 1.82) is 0 Å². The summed E-state index contributed by atoms with van der Waals surface area (Å²) in [6.45, 7) is 2.07. The summed E-state index contributed by atoms with van der Waals surface area (Å²) >= 11 is 0. The van der Waals surface area contributed by atoms with Crippen molar-refractivity contribution in [3.05, 3.63) is 0 Å². The highest BCUT2D eigenvalue weighted by Crippen LogP contribution is 2.11. The molecular formula is C5H13ClN2. The maximum atomic E-state index is 5.38. The highest BCUT2D eigenvalue weighted by atomic mass is 35.5. The van der Waals surface area contributed by atoms with Gasteiger partial charge in [-0.15, -0.1) is 12.4 Å². The fraction of sp³-hybridized carbons (Fsp3) is 1.00. The molecule has 0 amide bonds. The van der Waals surface area contributed by atoms with E-state index in [1.165, 1.54) is 13.0 Å². The molecule has 0 bridgehead atoms. The summed E-state index contributed by atoms with van der Waals surface area (Å²) in [4.78, 5) is 2.28. The lowest BCUT2D eigenvalue weighted by Crippen LogP contribution is -2.48. The molecule has 50 valence electrons. The minimum absolute atomic E-state index is 0. The summed E-state index contributed by atoms with van der Waals surface area (Å²) in [5.74, 6) is 0. The number of nitrogens with two attached hydrogens (primary N) is 1. The third kappa shape index (κ3) is 1.34. The van der Waals surface area contributed by atoms with Gasteiger partial charge in [0.1, 0.15) is 0 Å². The fourth-order valence-electron chi connectivity index (χ4n) is 0.868. The van der Waals surface area contributed by atoms with Crippen molar-refractivity contribution in [3.8, 4) is 0 Å². The van der Waals surface area contributed by atoms with Gasteiger partial charge in [-0.05, 0) is 20.0 Å². The van der Waals surface area contributed by atoms with Crippen LogP contribution >= 0.6 is 12.4 Å². The van der Waals surface area contributed by atoms with Crippen LogP contribution in [0.3, 0.4) is 0 Å². The van der Waals surface area contributed by atoms with E-state index in [9.17, 15) is 0 Å². The summed E-state index contributed by atoms with van der Waals surface area (Å²) in [6.07, 6.45) is 1.30. The Balaban J connectivity index is 0.000000490. The van der Waals surface area contributed by atoms with Gasteiger partial charge in [0, 0.05) is 12.6 Å². The van der Waals surface area contributed by atoms with Crippen molar-refractivity contribution in [2.75, 3.05) is 20.1 Å². The van der Waals surface area contributed by atoms with Gasteiger partial charge in [0.2, 0.25) is 0 Å². The van der Waals surface area contributed by atoms with E-state index in [0.717, 1.165) is 6.54 Å². The van der Waals surface area contributed by atoms with Gasteiger partial charge in [0.25, 0.3) is 0 Å². The Morgan fingerprint density at radius 3 is 2.38 bits per heavy atom. The average molecular weight is 137 g/mol. The number of halogens is 1. The van der Waals surface area contributed by atoms with Crippen LogP contribution in [0.2, 0.25) is 0 Å². The standard InChI is InChI=1S/C5H12N2.ClH/c1-7-3-2-5(7)4-6;/h5H,2-4,6H2,1H3;1H/t5-;/m0./s1. The van der Waals surface area contributed by atoms with E-state index in [1.807, 2.05) is 0 Å². The Bertz CT molecular complexity index is 65.4. The van der Waals surface area contributed by atoms with E-state index in [0.29, 0.717) is 6.04 Å². The Labute approximate surface area is 56.4 Å². The highest BCUT2D eigenvalue weighted by molar-refractivity contribution is 5.85. The second-order valence-corrected chi connectivity index (χ2v) is 2.16. The molecule has 2 N–H and O–H groups in total. The summed E-state index contributed by atoms with van der Waals surface area (Å²) < 4.78 is 0. The van der Waals surface area contributed by atoms with Crippen molar-refractivity contribution in [3.63, 3.8) is 0 Å². The van der Waals surface area contributed by atoms with Gasteiger partial charge in [-0.3, -0.25) is 0 Å².